The van der Waals surface area contributed by atoms with E-state index < -0.39 is 0 Å². The van der Waals surface area contributed by atoms with Crippen LogP contribution in [0, 0.1) is 0 Å². The summed E-state index contributed by atoms with van der Waals surface area (Å²) in [5.74, 6) is 0. The van der Waals surface area contributed by atoms with Gasteiger partial charge in [-0.3, -0.25) is 0 Å². The first-order valence-corrected chi connectivity index (χ1v) is 5.01. The minimum absolute atomic E-state index is 1.04. The molecule has 0 nitrogen and oxygen atoms in total. The van der Waals surface area contributed by atoms with E-state index in [2.05, 4.69) is 42.4 Å². The van der Waals surface area contributed by atoms with E-state index in [1.165, 1.54) is 24.8 Å². The van der Waals surface area contributed by atoms with Crippen molar-refractivity contribution in [3.8, 4) is 0 Å². The molecule has 0 radical (unpaired) electrons. The Morgan fingerprint density at radius 3 is 2.45 bits per heavy atom. The van der Waals surface area contributed by atoms with Gasteiger partial charge in [0.25, 0.3) is 0 Å². The van der Waals surface area contributed by atoms with Crippen molar-refractivity contribution in [3.63, 3.8) is 0 Å². The summed E-state index contributed by atoms with van der Waals surface area (Å²) in [6, 6.07) is 0. The molecular formula is C10H17Br. The number of unbranched alkanes of at least 4 members (excludes halogenated alkanes) is 2. The average Bonchev–Trinajstić information content (AvgIpc) is 1.97. The third-order valence-electron chi connectivity index (χ3n) is 1.75. The van der Waals surface area contributed by atoms with Crippen LogP contribution in [0.3, 0.4) is 0 Å². The van der Waals surface area contributed by atoms with E-state index in [0.717, 1.165) is 10.9 Å². The second kappa shape index (κ2) is 6.66. The molecule has 11 heavy (non-hydrogen) atoms. The van der Waals surface area contributed by atoms with Crippen LogP contribution in [-0.4, -0.2) is 0 Å². The van der Waals surface area contributed by atoms with Crippen LogP contribution in [0.25, 0.3) is 0 Å². The first-order valence-electron chi connectivity index (χ1n) is 4.22. The number of halogens is 1. The summed E-state index contributed by atoms with van der Waals surface area (Å²) in [4.78, 5) is 0. The van der Waals surface area contributed by atoms with Crippen LogP contribution in [0.1, 0.15) is 39.5 Å². The fourth-order valence-corrected chi connectivity index (χ4v) is 1.43. The van der Waals surface area contributed by atoms with Crippen LogP contribution in [0.5, 0.6) is 0 Å². The molecule has 0 N–H and O–H groups in total. The van der Waals surface area contributed by atoms with Crippen LogP contribution in [0.4, 0.5) is 0 Å². The van der Waals surface area contributed by atoms with Gasteiger partial charge in [-0.2, -0.15) is 0 Å². The standard InChI is InChI=1S/C10H17Br/c1-4-6-7-8-10(5-2)9(3)11/h5H,3-4,6-8H2,1-2H3/b10-5+. The van der Waals surface area contributed by atoms with Gasteiger partial charge in [0.1, 0.15) is 0 Å². The summed E-state index contributed by atoms with van der Waals surface area (Å²) in [6.45, 7) is 8.14. The monoisotopic (exact) mass is 216 g/mol. The maximum atomic E-state index is 3.85. The lowest BCUT2D eigenvalue weighted by Gasteiger charge is -2.03. The maximum Gasteiger partial charge on any atom is 0.0132 e. The highest BCUT2D eigenvalue weighted by Gasteiger charge is 1.96. The summed E-state index contributed by atoms with van der Waals surface area (Å²) in [7, 11) is 0. The minimum atomic E-state index is 1.04. The van der Waals surface area contributed by atoms with Crippen LogP contribution in [0.2, 0.25) is 0 Å². The smallest absolute Gasteiger partial charge is 0.0132 e. The number of hydrogen-bond acceptors (Lipinski definition) is 0. The third-order valence-corrected chi connectivity index (χ3v) is 2.26. The SMILES string of the molecule is C=C(Br)/C(=C/C)CCCCC. The molecule has 0 aliphatic heterocycles. The van der Waals surface area contributed by atoms with E-state index in [1.54, 1.807) is 0 Å². The predicted octanol–water partition coefficient (Wildman–Crippen LogP) is 4.42. The lowest BCUT2D eigenvalue weighted by molar-refractivity contribution is 0.718. The fourth-order valence-electron chi connectivity index (χ4n) is 1.00. The Morgan fingerprint density at radius 2 is 2.09 bits per heavy atom. The number of rotatable bonds is 5. The van der Waals surface area contributed by atoms with E-state index in [4.69, 9.17) is 0 Å². The van der Waals surface area contributed by atoms with Crippen molar-refractivity contribution in [2.24, 2.45) is 0 Å². The maximum absolute atomic E-state index is 3.85. The molecule has 0 aromatic rings. The van der Waals surface area contributed by atoms with Crippen LogP contribution in [0.15, 0.2) is 22.7 Å². The van der Waals surface area contributed by atoms with Gasteiger partial charge >= 0.3 is 0 Å². The Morgan fingerprint density at radius 1 is 1.45 bits per heavy atom. The number of hydrogen-bond donors (Lipinski definition) is 0. The molecule has 0 aliphatic carbocycles. The van der Waals surface area contributed by atoms with Gasteiger partial charge in [-0.15, -0.1) is 0 Å². The molecule has 0 spiro atoms. The highest BCUT2D eigenvalue weighted by atomic mass is 79.9. The molecule has 0 unspecified atom stereocenters. The normalized spacial score (nSPS) is 11.7. The van der Waals surface area contributed by atoms with Crippen LogP contribution < -0.4 is 0 Å². The molecule has 0 saturated heterocycles. The molecular weight excluding hydrogens is 200 g/mol. The fraction of sp³-hybridized carbons (Fsp3) is 0.600. The van der Waals surface area contributed by atoms with Crippen molar-refractivity contribution >= 4 is 15.9 Å². The van der Waals surface area contributed by atoms with Crippen molar-refractivity contribution in [1.82, 2.24) is 0 Å². The van der Waals surface area contributed by atoms with Gasteiger partial charge in [0, 0.05) is 4.48 Å². The van der Waals surface area contributed by atoms with Gasteiger partial charge in [0.05, 0.1) is 0 Å². The van der Waals surface area contributed by atoms with Crippen molar-refractivity contribution in [1.29, 1.82) is 0 Å². The van der Waals surface area contributed by atoms with Crippen molar-refractivity contribution in [3.05, 3.63) is 22.7 Å². The minimum Gasteiger partial charge on any atom is -0.0845 e. The molecule has 0 saturated carbocycles. The lowest BCUT2D eigenvalue weighted by atomic mass is 10.1. The predicted molar refractivity (Wildman–Crippen MR) is 56.0 cm³/mol. The van der Waals surface area contributed by atoms with Gasteiger partial charge in [-0.25, -0.2) is 0 Å². The molecule has 0 fully saturated rings. The van der Waals surface area contributed by atoms with E-state index in [9.17, 15) is 0 Å². The molecule has 0 aliphatic rings. The summed E-state index contributed by atoms with van der Waals surface area (Å²) in [6.07, 6.45) is 7.17. The molecule has 0 aromatic carbocycles. The zero-order valence-corrected chi connectivity index (χ0v) is 9.08. The van der Waals surface area contributed by atoms with Crippen LogP contribution in [-0.2, 0) is 0 Å². The van der Waals surface area contributed by atoms with E-state index in [-0.39, 0.29) is 0 Å². The first-order chi connectivity index (χ1) is 5.22. The van der Waals surface area contributed by atoms with E-state index in [0.29, 0.717) is 0 Å². The van der Waals surface area contributed by atoms with Gasteiger partial charge in [-0.05, 0) is 25.3 Å². The third kappa shape index (κ3) is 5.25. The second-order valence-corrected chi connectivity index (χ2v) is 3.63. The van der Waals surface area contributed by atoms with Crippen molar-refractivity contribution in [2.75, 3.05) is 0 Å². The second-order valence-electron chi connectivity index (χ2n) is 2.68. The highest BCUT2D eigenvalue weighted by Crippen LogP contribution is 2.20. The molecule has 1 heteroatoms. The van der Waals surface area contributed by atoms with Gasteiger partial charge in [-0.1, -0.05) is 48.4 Å². The average molecular weight is 217 g/mol. The molecule has 0 atom stereocenters. The Labute approximate surface area is 78.5 Å². The topological polar surface area (TPSA) is 0 Å². The molecule has 0 bridgehead atoms. The molecule has 0 heterocycles. The zero-order valence-electron chi connectivity index (χ0n) is 7.49. The first kappa shape index (κ1) is 11.0. The summed E-state index contributed by atoms with van der Waals surface area (Å²) in [5, 5.41) is 0. The molecule has 0 aromatic heterocycles. The lowest BCUT2D eigenvalue weighted by Crippen LogP contribution is -1.82. The summed E-state index contributed by atoms with van der Waals surface area (Å²) < 4.78 is 1.04. The van der Waals surface area contributed by atoms with Crippen molar-refractivity contribution < 1.29 is 0 Å². The quantitative estimate of drug-likeness (QED) is 0.472. The number of allylic oxidation sites excluding steroid dienone is 3. The van der Waals surface area contributed by atoms with Gasteiger partial charge < -0.3 is 0 Å². The molecule has 64 valence electrons. The van der Waals surface area contributed by atoms with E-state index >= 15 is 0 Å². The van der Waals surface area contributed by atoms with Crippen LogP contribution >= 0.6 is 15.9 Å². The molecule has 0 amide bonds. The Hall–Kier alpha value is -0.0400. The van der Waals surface area contributed by atoms with E-state index in [1.807, 2.05) is 0 Å². The largest absolute Gasteiger partial charge is 0.0845 e. The molecule has 0 rings (SSSR count). The Bertz CT molecular complexity index is 145. The summed E-state index contributed by atoms with van der Waals surface area (Å²) >= 11 is 3.39. The Kier molecular flexibility index (Phi) is 6.63. The highest BCUT2D eigenvalue weighted by molar-refractivity contribution is 9.11. The zero-order chi connectivity index (χ0) is 8.69. The van der Waals surface area contributed by atoms with Crippen molar-refractivity contribution in [2.45, 2.75) is 39.5 Å². The Balaban J connectivity index is 3.63. The summed E-state index contributed by atoms with van der Waals surface area (Å²) in [5.41, 5.74) is 1.35. The van der Waals surface area contributed by atoms with Gasteiger partial charge in [0.15, 0.2) is 0 Å². The van der Waals surface area contributed by atoms with Gasteiger partial charge in [0.2, 0.25) is 0 Å².